The normalized spacial score (nSPS) is 20.1. The molecule has 12 amide bonds. The zero-order valence-electron chi connectivity index (χ0n) is 66.1. The lowest BCUT2D eigenvalue weighted by Crippen LogP contribution is -2.55. The van der Waals surface area contributed by atoms with Crippen LogP contribution in [0.15, 0.2) is 29.3 Å². The average Bonchev–Trinajstić information content (AvgIpc) is 1.70. The maximum atomic E-state index is 12.8. The minimum Gasteiger partial charge on any atom is -0.508 e. The zero-order valence-corrected chi connectivity index (χ0v) is 66.1. The molecule has 22 N–H and O–H groups in total. The molecule has 5 rings (SSSR count). The van der Waals surface area contributed by atoms with Crippen LogP contribution >= 0.6 is 0 Å². The van der Waals surface area contributed by atoms with Gasteiger partial charge >= 0.3 is 23.9 Å². The average molecular weight is 1590 g/mol. The highest BCUT2D eigenvalue weighted by atomic mass is 16.7. The Morgan fingerprint density at radius 3 is 0.884 bits per heavy atom. The van der Waals surface area contributed by atoms with E-state index in [0.29, 0.717) is 51.5 Å². The third kappa shape index (κ3) is 35.7. The van der Waals surface area contributed by atoms with Crippen molar-refractivity contribution < 1.29 is 121 Å². The second-order valence-corrected chi connectivity index (χ2v) is 29.4. The first-order valence-corrected chi connectivity index (χ1v) is 36.7. The van der Waals surface area contributed by atoms with Gasteiger partial charge in [0, 0.05) is 41.2 Å². The number of nitrogens with zero attached hydrogens (tertiary/aromatic N) is 1. The summed E-state index contributed by atoms with van der Waals surface area (Å²) in [5, 5.41) is 66.8. The van der Waals surface area contributed by atoms with Crippen LogP contribution < -0.4 is 81.2 Å². The molecule has 4 heterocycles. The fourth-order valence-electron chi connectivity index (χ4n) is 10.9. The van der Waals surface area contributed by atoms with Crippen molar-refractivity contribution in [3.05, 3.63) is 29.8 Å². The van der Waals surface area contributed by atoms with Gasteiger partial charge < -0.3 is 119 Å². The lowest BCUT2D eigenvalue weighted by Gasteiger charge is -2.24. The van der Waals surface area contributed by atoms with Crippen molar-refractivity contribution in [3.8, 4) is 5.75 Å². The molecule has 4 aliphatic rings. The fraction of sp³-hybridized carbons (Fsp3) is 0.676. The van der Waals surface area contributed by atoms with Crippen LogP contribution in [0.25, 0.3) is 0 Å². The number of aliphatic carboxylic acids is 3. The number of likely N-dealkylation sites (N-methyl/N-ethyl adjacent to an activating group) is 4. The molecule has 4 saturated heterocycles. The van der Waals surface area contributed by atoms with Gasteiger partial charge in [-0.3, -0.25) is 62.5 Å². The van der Waals surface area contributed by atoms with E-state index >= 15 is 0 Å². The molecule has 630 valence electrons. The van der Waals surface area contributed by atoms with Crippen molar-refractivity contribution in [2.24, 2.45) is 57.9 Å². The molecule has 16 atom stereocenters. The number of carboxylic acid groups (broad SMARTS) is 3. The number of nitrogens with two attached hydrogens (primary N) is 3. The van der Waals surface area contributed by atoms with Crippen molar-refractivity contribution >= 4 is 101 Å². The number of phenols is 1. The highest BCUT2D eigenvalue weighted by molar-refractivity contribution is 6.00. The first kappa shape index (κ1) is 97.7. The van der Waals surface area contributed by atoms with Gasteiger partial charge in [-0.15, -0.1) is 0 Å². The molecule has 112 heavy (non-hydrogen) atoms. The Morgan fingerprint density at radius 1 is 0.375 bits per heavy atom. The molecular formula is C71H116N16O25. The van der Waals surface area contributed by atoms with Crippen LogP contribution in [-0.2, 0) is 107 Å². The van der Waals surface area contributed by atoms with Gasteiger partial charge in [-0.25, -0.2) is 19.2 Å². The maximum Gasteiger partial charge on any atom is 0.357 e. The van der Waals surface area contributed by atoms with E-state index in [2.05, 4.69) is 73.6 Å². The predicted octanol–water partition coefficient (Wildman–Crippen LogP) is -4.17. The second kappa shape index (κ2) is 47.7. The number of hydrogen-bond donors (Lipinski definition) is 19. The minimum absolute atomic E-state index is 0.0481. The number of carbonyl (C=O) groups is 16. The van der Waals surface area contributed by atoms with Gasteiger partial charge in [0.2, 0.25) is 47.3 Å². The van der Waals surface area contributed by atoms with Crippen molar-refractivity contribution in [2.45, 2.75) is 238 Å². The number of nitrogens with one attached hydrogen (secondary N) is 12. The molecular weight excluding hydrogens is 1480 g/mol. The summed E-state index contributed by atoms with van der Waals surface area (Å²) >= 11 is 0. The van der Waals surface area contributed by atoms with Gasteiger partial charge in [-0.2, -0.15) is 5.90 Å². The quantitative estimate of drug-likeness (QED) is 0.00971. The number of benzene rings is 1. The fourth-order valence-corrected chi connectivity index (χ4v) is 10.9. The summed E-state index contributed by atoms with van der Waals surface area (Å²) in [5.74, 6) is -5.15. The summed E-state index contributed by atoms with van der Waals surface area (Å²) in [4.78, 5) is 200. The number of aliphatic imine (C=N–C) groups is 1. The number of phenolic OH excluding ortho intramolecular Hbond substituents is 1. The largest absolute Gasteiger partial charge is 0.508 e. The van der Waals surface area contributed by atoms with Crippen LogP contribution in [0, 0.1) is 35.5 Å². The van der Waals surface area contributed by atoms with Crippen molar-refractivity contribution in [3.63, 3.8) is 0 Å². The van der Waals surface area contributed by atoms with Crippen LogP contribution in [-0.4, -0.2) is 253 Å². The van der Waals surface area contributed by atoms with Crippen LogP contribution in [0.2, 0.25) is 0 Å². The van der Waals surface area contributed by atoms with E-state index in [0.717, 1.165) is 5.56 Å². The summed E-state index contributed by atoms with van der Waals surface area (Å²) in [6.07, 6.45) is -5.85. The molecule has 0 aliphatic carbocycles. The molecule has 0 bridgehead atoms. The number of rotatable bonds is 42. The number of hydrogen-bond acceptors (Lipinski definition) is 24. The number of aromatic hydroxyl groups is 1. The highest BCUT2D eigenvalue weighted by Crippen LogP contribution is 2.27. The summed E-state index contributed by atoms with van der Waals surface area (Å²) < 4.78 is 19.4. The third-order valence-electron chi connectivity index (χ3n) is 16.7. The van der Waals surface area contributed by atoms with E-state index in [9.17, 15) is 81.8 Å². The molecule has 0 spiro atoms. The molecule has 4 aliphatic heterocycles. The van der Waals surface area contributed by atoms with Crippen molar-refractivity contribution in [2.75, 3.05) is 34.7 Å². The number of guanidine groups is 1. The SMILES string of the molecule is CNC(=O)[C@H](CC(C)C)NC(=O)[C@H](CC(C)C)NC(=O)C1OC1C(=O)O.CNC(=O)[C@H](CC(C)C)NC(=O)[C@H](CC(C)C)NC(=O)C1OC1C(=O)ON.CNC(=O)[C@H](CCCN=C(N)N)NC(=O)[C@H](CC(C)C)NC(=O)C1OC1C(=O)O.CNC(=O)[C@H](Cc1ccc(O)cc1)NC(=O)[C@H](CC(C)C)NC(=O)C1OC1C(=O)O. The number of ether oxygens (including phenoxy) is 4. The smallest absolute Gasteiger partial charge is 0.357 e. The number of epoxide rings is 4. The van der Waals surface area contributed by atoms with Gasteiger partial charge in [0.05, 0.1) is 0 Å². The van der Waals surface area contributed by atoms with E-state index in [1.165, 1.54) is 40.3 Å². The zero-order chi connectivity index (χ0) is 85.3. The topological polar surface area (TPSA) is 648 Å². The summed E-state index contributed by atoms with van der Waals surface area (Å²) in [6.45, 7) is 23.1. The summed E-state index contributed by atoms with van der Waals surface area (Å²) in [7, 11) is 5.88. The molecule has 4 fully saturated rings. The molecule has 8 unspecified atom stereocenters. The summed E-state index contributed by atoms with van der Waals surface area (Å²) in [6, 6.07) is -0.537. The molecule has 0 radical (unpaired) electrons. The van der Waals surface area contributed by atoms with E-state index in [-0.39, 0.29) is 71.9 Å². The van der Waals surface area contributed by atoms with Crippen molar-refractivity contribution in [1.29, 1.82) is 0 Å². The molecule has 41 heteroatoms. The lowest BCUT2D eigenvalue weighted by atomic mass is 10.00. The maximum absolute atomic E-state index is 12.8. The molecule has 1 aromatic carbocycles. The highest BCUT2D eigenvalue weighted by Gasteiger charge is 2.55. The predicted molar refractivity (Wildman–Crippen MR) is 398 cm³/mol. The van der Waals surface area contributed by atoms with Crippen molar-refractivity contribution in [1.82, 2.24) is 63.8 Å². The Morgan fingerprint density at radius 2 is 0.625 bits per heavy atom. The van der Waals surface area contributed by atoms with E-state index in [4.69, 9.17) is 51.6 Å². The molecule has 0 aromatic heterocycles. The lowest BCUT2D eigenvalue weighted by molar-refractivity contribution is -0.146. The molecule has 1 aromatic rings. The Bertz CT molecular complexity index is 3430. The number of carbonyl (C=O) groups excluding carboxylic acids is 13. The summed E-state index contributed by atoms with van der Waals surface area (Å²) in [5.41, 5.74) is 11.2. The third-order valence-corrected chi connectivity index (χ3v) is 16.7. The first-order chi connectivity index (χ1) is 52.3. The standard InChI is InChI=1S/C20H27N3O7.C17H30N6O6.C17H30N4O6.C17H29N3O6/c1-10(2)8-13(23-19(27)15-16(30-15)20(28)29)18(26)22-14(17(25)21-3)9-11-4-6-12(24)7-5-11;1-8(2)7-10(23-15(26)11-12(29-11)16(27)28)14(25)22-9(13(24)20-3)5-4-6-21-17(18)19;1-8(2)6-10(14(22)19-5)20-15(23)11(7-9(3)4)21-16(24)12-13(26-12)17(25)27-18;1-8(2)6-10(14(21)18-5)19-15(22)11(7-9(3)4)20-16(23)12-13(26-12)17(24)25/h4-7,10,13-16,24H,8-9H2,1-3H3,(H,21,25)(H,22,26)(H,23,27)(H,28,29);8-12H,4-7H2,1-3H3,(H,20,24)(H,22,25)(H,23,26)(H,27,28)(H4,18,19,21);8-13H,6-7,18H2,1-5H3,(H,19,22)(H,20,23)(H,21,24);8-13H,6-7H2,1-5H3,(H,18,21)(H,19,22)(H,20,23)(H,24,25)/t13-,14-,15?,16?;9-,10-,11?,12?;2*10-,11-,12?,13?/m0000/s1. The molecule has 41 nitrogen and oxygen atoms in total. The monoisotopic (exact) mass is 1590 g/mol. The van der Waals surface area contributed by atoms with E-state index in [1.807, 2.05) is 83.1 Å². The van der Waals surface area contributed by atoms with Gasteiger partial charge in [0.15, 0.2) is 54.8 Å². The van der Waals surface area contributed by atoms with E-state index in [1.54, 1.807) is 12.1 Å². The second-order valence-electron chi connectivity index (χ2n) is 29.4. The van der Waals surface area contributed by atoms with Gasteiger partial charge in [0.1, 0.15) is 54.1 Å². The Balaban J connectivity index is 0.000000508. The minimum atomic E-state index is -1.24. The van der Waals surface area contributed by atoms with Crippen LogP contribution in [0.5, 0.6) is 5.75 Å². The Hall–Kier alpha value is -10.4. The Labute approximate surface area is 649 Å². The van der Waals surface area contributed by atoms with Gasteiger partial charge in [-0.05, 0) is 105 Å². The van der Waals surface area contributed by atoms with Crippen LogP contribution in [0.1, 0.15) is 140 Å². The van der Waals surface area contributed by atoms with Crippen LogP contribution in [0.3, 0.4) is 0 Å². The van der Waals surface area contributed by atoms with E-state index < -0.39 is 180 Å². The van der Waals surface area contributed by atoms with Crippen LogP contribution in [0.4, 0.5) is 0 Å². The first-order valence-electron chi connectivity index (χ1n) is 36.7. The number of amides is 12. The molecule has 0 saturated carbocycles. The van der Waals surface area contributed by atoms with Gasteiger partial charge in [-0.1, -0.05) is 95.2 Å². The number of carboxylic acids is 3. The Kier molecular flexibility index (Phi) is 41.6. The van der Waals surface area contributed by atoms with Gasteiger partial charge in [0.25, 0.3) is 23.6 Å².